The average Bonchev–Trinajstić information content (AvgIpc) is 2.37. The summed E-state index contributed by atoms with van der Waals surface area (Å²) in [5, 5.41) is 0. The number of nitrogens with one attached hydrogen (secondary N) is 1. The molecule has 0 fully saturated rings. The number of nitrogens with zero attached hydrogens (tertiary/aromatic N) is 1. The van der Waals surface area contributed by atoms with Gasteiger partial charge in [-0.1, -0.05) is 18.5 Å². The molecule has 0 bridgehead atoms. The molecule has 22 heavy (non-hydrogen) atoms. The van der Waals surface area contributed by atoms with Gasteiger partial charge < -0.3 is 0 Å². The maximum absolute atomic E-state index is 13.1. The zero-order chi connectivity index (χ0) is 17.3. The smallest absolute Gasteiger partial charge is 0.262 e. The summed E-state index contributed by atoms with van der Waals surface area (Å²) in [4.78, 5) is 11.1. The van der Waals surface area contributed by atoms with E-state index in [0.717, 1.165) is 18.0 Å². The SMILES string of the molecule is CC(C)c1cc[n+](NC(=O)C(F)(F)C(F)(F)C(F)(F)F)cc1. The van der Waals surface area contributed by atoms with E-state index in [1.54, 1.807) is 0 Å². The van der Waals surface area contributed by atoms with E-state index in [1.807, 2.05) is 13.8 Å². The first-order valence-electron chi connectivity index (χ1n) is 5.95. The second kappa shape index (κ2) is 5.73. The molecule has 10 heteroatoms. The molecule has 1 aromatic heterocycles. The highest BCUT2D eigenvalue weighted by molar-refractivity contribution is 5.90. The highest BCUT2D eigenvalue weighted by Crippen LogP contribution is 2.46. The average molecular weight is 333 g/mol. The van der Waals surface area contributed by atoms with Crippen LogP contribution < -0.4 is 10.1 Å². The molecule has 124 valence electrons. The normalized spacial score (nSPS) is 13.4. The second-order valence-electron chi connectivity index (χ2n) is 4.78. The summed E-state index contributed by atoms with van der Waals surface area (Å²) in [5.41, 5.74) is 2.02. The molecule has 0 aliphatic rings. The van der Waals surface area contributed by atoms with Crippen LogP contribution in [0.5, 0.6) is 0 Å². The standard InChI is InChI=1S/C12H11F7N2O/c1-7(2)8-3-5-21(6-4-8)20-9(22)10(13,14)11(15,16)12(17,18)19/h3-7H,1-2H3/p+1. The predicted molar refractivity (Wildman–Crippen MR) is 61.0 cm³/mol. The van der Waals surface area contributed by atoms with E-state index in [0.29, 0.717) is 4.68 Å². The number of hydrogen-bond acceptors (Lipinski definition) is 1. The van der Waals surface area contributed by atoms with Gasteiger partial charge in [-0.15, -0.1) is 5.43 Å². The van der Waals surface area contributed by atoms with Gasteiger partial charge in [0.05, 0.1) is 0 Å². The Morgan fingerprint density at radius 3 is 1.86 bits per heavy atom. The molecule has 1 rings (SSSR count). The van der Waals surface area contributed by atoms with Gasteiger partial charge in [0.1, 0.15) is 0 Å². The topological polar surface area (TPSA) is 33.0 Å². The van der Waals surface area contributed by atoms with E-state index < -0.39 is 23.9 Å². The number of hydrogen-bond donors (Lipinski definition) is 1. The predicted octanol–water partition coefficient (Wildman–Crippen LogP) is 3.00. The Hall–Kier alpha value is -1.87. The number of carbonyl (C=O) groups excluding carboxylic acids is 1. The van der Waals surface area contributed by atoms with Crippen molar-refractivity contribution in [2.24, 2.45) is 0 Å². The van der Waals surface area contributed by atoms with Crippen LogP contribution in [0.3, 0.4) is 0 Å². The molecular weight excluding hydrogens is 321 g/mol. The van der Waals surface area contributed by atoms with Gasteiger partial charge in [-0.05, 0) is 11.5 Å². The summed E-state index contributed by atoms with van der Waals surface area (Å²) in [5.74, 6) is -15.1. The molecule has 0 unspecified atom stereocenters. The van der Waals surface area contributed by atoms with E-state index in [9.17, 15) is 35.5 Å². The highest BCUT2D eigenvalue weighted by atomic mass is 19.4. The molecule has 0 saturated heterocycles. The fourth-order valence-corrected chi connectivity index (χ4v) is 1.41. The van der Waals surface area contributed by atoms with E-state index in [1.165, 1.54) is 17.6 Å². The monoisotopic (exact) mass is 333 g/mol. The summed E-state index contributed by atoms with van der Waals surface area (Å²) in [6.07, 6.45) is -4.45. The third kappa shape index (κ3) is 3.30. The molecular formula is C12H12F7N2O+. The van der Waals surface area contributed by atoms with E-state index in [-0.39, 0.29) is 5.92 Å². The molecule has 0 aromatic carbocycles. The first kappa shape index (κ1) is 18.2. The molecule has 0 aliphatic carbocycles. The molecule has 0 aliphatic heterocycles. The molecule has 1 amide bonds. The summed E-state index contributed by atoms with van der Waals surface area (Å²) in [6.45, 7) is 3.63. The van der Waals surface area contributed by atoms with E-state index in [2.05, 4.69) is 0 Å². The van der Waals surface area contributed by atoms with Gasteiger partial charge in [0.25, 0.3) is 0 Å². The largest absolute Gasteiger partial charge is 0.460 e. The summed E-state index contributed by atoms with van der Waals surface area (Å²) in [6, 6.07) is 2.79. The van der Waals surface area contributed by atoms with Gasteiger partial charge in [-0.3, -0.25) is 4.79 Å². The van der Waals surface area contributed by atoms with Crippen LogP contribution >= 0.6 is 0 Å². The molecule has 3 nitrogen and oxygen atoms in total. The second-order valence-corrected chi connectivity index (χ2v) is 4.78. The third-order valence-electron chi connectivity index (χ3n) is 2.79. The van der Waals surface area contributed by atoms with Crippen LogP contribution in [0.15, 0.2) is 24.5 Å². The molecule has 0 atom stereocenters. The van der Waals surface area contributed by atoms with Crippen molar-refractivity contribution in [2.45, 2.75) is 37.8 Å². The van der Waals surface area contributed by atoms with Crippen LogP contribution in [0.25, 0.3) is 0 Å². The molecule has 1 N–H and O–H groups in total. The Bertz CT molecular complexity index is 537. The van der Waals surface area contributed by atoms with Crippen molar-refractivity contribution in [3.05, 3.63) is 30.1 Å². The van der Waals surface area contributed by atoms with Crippen LogP contribution in [-0.2, 0) is 4.79 Å². The lowest BCUT2D eigenvalue weighted by molar-refractivity contribution is -0.643. The fraction of sp³-hybridized carbons (Fsp3) is 0.500. The molecule has 1 heterocycles. The number of carbonyl (C=O) groups is 1. The third-order valence-corrected chi connectivity index (χ3v) is 2.79. The van der Waals surface area contributed by atoms with Gasteiger partial charge in [-0.2, -0.15) is 30.7 Å². The zero-order valence-corrected chi connectivity index (χ0v) is 11.4. The maximum Gasteiger partial charge on any atom is 0.460 e. The van der Waals surface area contributed by atoms with Crippen molar-refractivity contribution < 1.29 is 40.2 Å². The lowest BCUT2D eigenvalue weighted by Gasteiger charge is -2.25. The summed E-state index contributed by atoms with van der Waals surface area (Å²) < 4.78 is 88.0. The van der Waals surface area contributed by atoms with Crippen molar-refractivity contribution in [2.75, 3.05) is 5.43 Å². The van der Waals surface area contributed by atoms with Crippen molar-refractivity contribution in [1.29, 1.82) is 0 Å². The molecule has 0 spiro atoms. The minimum absolute atomic E-state index is 0.0707. The number of rotatable bonds is 4. The van der Waals surface area contributed by atoms with Crippen molar-refractivity contribution in [3.8, 4) is 0 Å². The number of aromatic nitrogens is 1. The summed E-state index contributed by atoms with van der Waals surface area (Å²) >= 11 is 0. The fourth-order valence-electron chi connectivity index (χ4n) is 1.41. The van der Waals surface area contributed by atoms with E-state index >= 15 is 0 Å². The Labute approximate surface area is 120 Å². The lowest BCUT2D eigenvalue weighted by Crippen LogP contribution is -2.62. The number of alkyl halides is 7. The molecule has 0 saturated carbocycles. The van der Waals surface area contributed by atoms with Crippen molar-refractivity contribution in [1.82, 2.24) is 0 Å². The number of pyridine rings is 1. The Morgan fingerprint density at radius 2 is 1.50 bits per heavy atom. The van der Waals surface area contributed by atoms with Gasteiger partial charge in [-0.25, -0.2) is 0 Å². The van der Waals surface area contributed by atoms with Crippen LogP contribution in [0, 0.1) is 0 Å². The minimum atomic E-state index is -6.56. The van der Waals surface area contributed by atoms with Crippen LogP contribution in [0.4, 0.5) is 30.7 Å². The van der Waals surface area contributed by atoms with Gasteiger partial charge in [0.2, 0.25) is 0 Å². The van der Waals surface area contributed by atoms with Crippen LogP contribution in [-0.4, -0.2) is 23.9 Å². The van der Waals surface area contributed by atoms with E-state index in [4.69, 9.17) is 0 Å². The first-order chi connectivity index (χ1) is 9.80. The van der Waals surface area contributed by atoms with Crippen molar-refractivity contribution in [3.63, 3.8) is 0 Å². The van der Waals surface area contributed by atoms with Crippen LogP contribution in [0.1, 0.15) is 25.3 Å². The Balaban J connectivity index is 2.96. The maximum atomic E-state index is 13.1. The van der Waals surface area contributed by atoms with Crippen LogP contribution in [0.2, 0.25) is 0 Å². The molecule has 0 radical (unpaired) electrons. The Morgan fingerprint density at radius 1 is 1.05 bits per heavy atom. The lowest BCUT2D eigenvalue weighted by atomic mass is 10.1. The first-order valence-corrected chi connectivity index (χ1v) is 5.95. The van der Waals surface area contributed by atoms with Gasteiger partial charge in [0, 0.05) is 12.1 Å². The van der Waals surface area contributed by atoms with Crippen molar-refractivity contribution >= 4 is 5.91 Å². The van der Waals surface area contributed by atoms with Gasteiger partial charge in [0.15, 0.2) is 12.4 Å². The quantitative estimate of drug-likeness (QED) is 0.667. The minimum Gasteiger partial charge on any atom is -0.262 e. The van der Waals surface area contributed by atoms with Gasteiger partial charge >= 0.3 is 23.9 Å². The summed E-state index contributed by atoms with van der Waals surface area (Å²) in [7, 11) is 0. The zero-order valence-electron chi connectivity index (χ0n) is 11.4. The number of amides is 1. The molecule has 1 aromatic rings. The number of halogens is 7. The highest BCUT2D eigenvalue weighted by Gasteiger charge is 2.77. The Kier molecular flexibility index (Phi) is 4.73.